The number of aromatic nitrogens is 4. The standard InChI is InChI=1S/C37H54BN5O5Si2/c1-49(2,3)20-18-47-24-42(25-48-19-21-50(4,5)6)36-32(38)33(27-12-14-28(15-13-27)34(44)37(45)46)41-35-30(23-40-43(35)36)29-16-17-31(39-22-29)26-10-8-7-9-11-26/h7-11,16-17,22-23,27-28,34,44H,12-15,18-21,24-25,38H2,1-6H3,(H,45,46)/t27-,28-,34?. The number of nitrogens with zero attached hydrogens (tertiary/aromatic N) is 5. The SMILES string of the molecule is Bc1c(N(COCC[Si](C)(C)C)COCC[Si](C)(C)C)n2ncc(-c3ccc(-c4ccccc4)nc3)c2nc1[C@H]1CC[C@H](C(O)C(=O)O)CC1. The Labute approximate surface area is 299 Å². The van der Waals surface area contributed by atoms with Gasteiger partial charge in [0.1, 0.15) is 27.1 Å². The second-order valence-electron chi connectivity index (χ2n) is 16.2. The number of rotatable bonds is 16. The minimum Gasteiger partial charge on any atom is -0.479 e. The van der Waals surface area contributed by atoms with Crippen molar-refractivity contribution in [2.45, 2.75) is 89.1 Å². The van der Waals surface area contributed by atoms with E-state index in [4.69, 9.17) is 24.5 Å². The lowest BCUT2D eigenvalue weighted by Gasteiger charge is -2.32. The van der Waals surface area contributed by atoms with Crippen molar-refractivity contribution >= 4 is 46.9 Å². The molecule has 1 aliphatic carbocycles. The van der Waals surface area contributed by atoms with Gasteiger partial charge in [-0.25, -0.2) is 9.78 Å². The van der Waals surface area contributed by atoms with Crippen molar-refractivity contribution in [1.29, 1.82) is 0 Å². The summed E-state index contributed by atoms with van der Waals surface area (Å²) in [5, 5.41) is 24.7. The van der Waals surface area contributed by atoms with Crippen molar-refractivity contribution in [3.8, 4) is 22.4 Å². The van der Waals surface area contributed by atoms with E-state index in [0.717, 1.165) is 69.9 Å². The number of carbonyl (C=O) groups is 1. The van der Waals surface area contributed by atoms with Gasteiger partial charge >= 0.3 is 5.97 Å². The molecule has 1 saturated carbocycles. The van der Waals surface area contributed by atoms with Crippen LogP contribution < -0.4 is 10.4 Å². The van der Waals surface area contributed by atoms with Gasteiger partial charge in [-0.15, -0.1) is 0 Å². The molecule has 0 amide bonds. The molecule has 0 aliphatic heterocycles. The zero-order valence-electron chi connectivity index (χ0n) is 30.9. The summed E-state index contributed by atoms with van der Waals surface area (Å²) in [6, 6.07) is 16.4. The summed E-state index contributed by atoms with van der Waals surface area (Å²) in [5.74, 6) is -0.414. The van der Waals surface area contributed by atoms with Crippen LogP contribution in [0.3, 0.4) is 0 Å². The average Bonchev–Trinajstić information content (AvgIpc) is 3.50. The van der Waals surface area contributed by atoms with Gasteiger partial charge in [0.25, 0.3) is 0 Å². The number of hydrogen-bond acceptors (Lipinski definition) is 8. The quantitative estimate of drug-likeness (QED) is 0.0834. The zero-order chi connectivity index (χ0) is 36.1. The van der Waals surface area contributed by atoms with Gasteiger partial charge < -0.3 is 24.6 Å². The number of carboxylic acids is 1. The third kappa shape index (κ3) is 9.69. The summed E-state index contributed by atoms with van der Waals surface area (Å²) >= 11 is 0. The fraction of sp³-hybridized carbons (Fsp3) is 0.514. The van der Waals surface area contributed by atoms with Crippen molar-refractivity contribution in [3.05, 3.63) is 60.6 Å². The number of hydrogen-bond donors (Lipinski definition) is 2. The maximum atomic E-state index is 11.5. The molecule has 1 unspecified atom stereocenters. The predicted molar refractivity (Wildman–Crippen MR) is 209 cm³/mol. The minimum absolute atomic E-state index is 0.111. The van der Waals surface area contributed by atoms with E-state index in [2.05, 4.69) is 70.2 Å². The first-order chi connectivity index (χ1) is 23.7. The predicted octanol–water partition coefficient (Wildman–Crippen LogP) is 5.87. The van der Waals surface area contributed by atoms with Gasteiger partial charge in [-0.2, -0.15) is 9.61 Å². The third-order valence-corrected chi connectivity index (χ3v) is 13.1. The van der Waals surface area contributed by atoms with E-state index in [1.807, 2.05) is 41.2 Å². The van der Waals surface area contributed by atoms with Crippen LogP contribution in [0.4, 0.5) is 5.82 Å². The van der Waals surface area contributed by atoms with Crippen LogP contribution in [-0.4, -0.2) is 92.5 Å². The molecule has 0 radical (unpaired) electrons. The highest BCUT2D eigenvalue weighted by molar-refractivity contribution is 6.76. The number of aliphatic hydroxyl groups is 1. The van der Waals surface area contributed by atoms with E-state index in [-0.39, 0.29) is 11.8 Å². The second kappa shape index (κ2) is 16.3. The number of fused-ring (bicyclic) bond motifs is 1. The van der Waals surface area contributed by atoms with Crippen LogP contribution in [0, 0.1) is 5.92 Å². The lowest BCUT2D eigenvalue weighted by atomic mass is 9.75. The van der Waals surface area contributed by atoms with E-state index in [0.29, 0.717) is 39.5 Å². The summed E-state index contributed by atoms with van der Waals surface area (Å²) < 4.78 is 14.6. The Morgan fingerprint density at radius 3 is 2.08 bits per heavy atom. The Hall–Kier alpha value is -3.36. The van der Waals surface area contributed by atoms with Crippen molar-refractivity contribution in [2.24, 2.45) is 5.92 Å². The van der Waals surface area contributed by atoms with Crippen LogP contribution in [0.2, 0.25) is 51.4 Å². The number of ether oxygens (including phenoxy) is 2. The van der Waals surface area contributed by atoms with Crippen LogP contribution in [0.1, 0.15) is 37.3 Å². The molecule has 1 fully saturated rings. The number of aliphatic carboxylic acids is 1. The van der Waals surface area contributed by atoms with E-state index in [1.54, 1.807) is 0 Å². The van der Waals surface area contributed by atoms with Crippen LogP contribution >= 0.6 is 0 Å². The topological polar surface area (TPSA) is 122 Å². The fourth-order valence-corrected chi connectivity index (χ4v) is 8.07. The average molecular weight is 716 g/mol. The Morgan fingerprint density at radius 2 is 1.54 bits per heavy atom. The van der Waals surface area contributed by atoms with Crippen LogP contribution in [-0.2, 0) is 14.3 Å². The van der Waals surface area contributed by atoms with Gasteiger partial charge in [0.15, 0.2) is 11.8 Å². The molecule has 268 valence electrons. The molecule has 5 rings (SSSR count). The van der Waals surface area contributed by atoms with Crippen molar-refractivity contribution in [1.82, 2.24) is 19.6 Å². The maximum absolute atomic E-state index is 11.5. The molecule has 1 aromatic carbocycles. The molecule has 4 aromatic rings. The first kappa shape index (κ1) is 37.9. The molecular weight excluding hydrogens is 661 g/mol. The molecule has 0 saturated heterocycles. The molecule has 0 spiro atoms. The van der Waals surface area contributed by atoms with Gasteiger partial charge in [-0.05, 0) is 55.2 Å². The summed E-state index contributed by atoms with van der Waals surface area (Å²) in [6.07, 6.45) is 5.15. The van der Waals surface area contributed by atoms with E-state index in [9.17, 15) is 15.0 Å². The van der Waals surface area contributed by atoms with E-state index < -0.39 is 28.2 Å². The van der Waals surface area contributed by atoms with E-state index in [1.165, 1.54) is 0 Å². The first-order valence-electron chi connectivity index (χ1n) is 17.9. The molecular formula is C37H54BN5O5Si2. The van der Waals surface area contributed by atoms with Crippen molar-refractivity contribution < 1.29 is 24.5 Å². The third-order valence-electron chi connectivity index (χ3n) is 9.68. The molecule has 10 nitrogen and oxygen atoms in total. The fourth-order valence-electron chi connectivity index (χ4n) is 6.56. The highest BCUT2D eigenvalue weighted by Gasteiger charge is 2.33. The summed E-state index contributed by atoms with van der Waals surface area (Å²) in [6.45, 7) is 16.2. The normalized spacial score (nSPS) is 17.6. The lowest BCUT2D eigenvalue weighted by Crippen LogP contribution is -2.39. The molecule has 3 heterocycles. The summed E-state index contributed by atoms with van der Waals surface area (Å²) in [5.41, 5.74) is 6.47. The minimum atomic E-state index is -1.34. The molecule has 2 N–H and O–H groups in total. The molecule has 3 aromatic heterocycles. The molecule has 0 bridgehead atoms. The number of benzene rings is 1. The first-order valence-corrected chi connectivity index (χ1v) is 25.3. The van der Waals surface area contributed by atoms with Crippen molar-refractivity contribution in [2.75, 3.05) is 31.6 Å². The second-order valence-corrected chi connectivity index (χ2v) is 27.4. The largest absolute Gasteiger partial charge is 0.479 e. The van der Waals surface area contributed by atoms with Gasteiger partial charge in [0, 0.05) is 63.9 Å². The zero-order valence-corrected chi connectivity index (χ0v) is 32.9. The van der Waals surface area contributed by atoms with Crippen LogP contribution in [0.15, 0.2) is 54.9 Å². The van der Waals surface area contributed by atoms with Gasteiger partial charge in [-0.3, -0.25) is 4.98 Å². The maximum Gasteiger partial charge on any atom is 0.332 e. The highest BCUT2D eigenvalue weighted by atomic mass is 28.3. The molecule has 1 aliphatic rings. The van der Waals surface area contributed by atoms with Crippen molar-refractivity contribution in [3.63, 3.8) is 0 Å². The smallest absolute Gasteiger partial charge is 0.332 e. The Morgan fingerprint density at radius 1 is 0.920 bits per heavy atom. The van der Waals surface area contributed by atoms with Crippen LogP contribution in [0.25, 0.3) is 28.0 Å². The monoisotopic (exact) mass is 715 g/mol. The Balaban J connectivity index is 1.54. The highest BCUT2D eigenvalue weighted by Crippen LogP contribution is 2.38. The Kier molecular flexibility index (Phi) is 12.4. The van der Waals surface area contributed by atoms with Crippen LogP contribution in [0.5, 0.6) is 0 Å². The number of aliphatic hydroxyl groups excluding tert-OH is 1. The van der Waals surface area contributed by atoms with E-state index >= 15 is 0 Å². The Bertz CT molecular complexity index is 1700. The van der Waals surface area contributed by atoms with Gasteiger partial charge in [0.2, 0.25) is 0 Å². The summed E-state index contributed by atoms with van der Waals surface area (Å²) in [4.78, 5) is 23.8. The summed E-state index contributed by atoms with van der Waals surface area (Å²) in [7, 11) is -0.471. The number of anilines is 1. The molecule has 1 atom stereocenters. The number of pyridine rings is 1. The van der Waals surface area contributed by atoms with Gasteiger partial charge in [-0.1, -0.05) is 75.7 Å². The molecule has 13 heteroatoms. The number of carboxylic acid groups (broad SMARTS) is 1. The molecule has 50 heavy (non-hydrogen) atoms. The lowest BCUT2D eigenvalue weighted by molar-refractivity contribution is -0.150. The van der Waals surface area contributed by atoms with Gasteiger partial charge in [0.05, 0.1) is 11.9 Å².